The van der Waals surface area contributed by atoms with E-state index in [0.717, 1.165) is 129 Å². The summed E-state index contributed by atoms with van der Waals surface area (Å²) in [6.45, 7) is 9.49. The van der Waals surface area contributed by atoms with Crippen LogP contribution in [0.25, 0.3) is 5.73 Å². The maximum absolute atomic E-state index is 10.3. The van der Waals surface area contributed by atoms with Crippen LogP contribution in [-0.2, 0) is 38.7 Å². The molecule has 0 saturated heterocycles. The summed E-state index contributed by atoms with van der Waals surface area (Å²) in [5.41, 5.74) is 14.3. The molecule has 364 valence electrons. The third-order valence-corrected chi connectivity index (χ3v) is 8.53. The molecule has 0 aliphatic carbocycles. The van der Waals surface area contributed by atoms with E-state index >= 15 is 0 Å². The van der Waals surface area contributed by atoms with Gasteiger partial charge in [-0.15, -0.1) is 0 Å². The van der Waals surface area contributed by atoms with Crippen LogP contribution < -0.4 is 11.5 Å². The van der Waals surface area contributed by atoms with Crippen molar-refractivity contribution in [1.29, 1.82) is 0 Å². The quantitative estimate of drug-likeness (QED) is 0.0153. The van der Waals surface area contributed by atoms with Crippen LogP contribution in [0.15, 0.2) is 122 Å². The zero-order valence-electron chi connectivity index (χ0n) is 40.4. The first-order valence-corrected chi connectivity index (χ1v) is 23.4. The summed E-state index contributed by atoms with van der Waals surface area (Å²) in [6, 6.07) is -0.938. The maximum atomic E-state index is 10.3. The number of carbonyl (C=O) groups is 4. The molecule has 0 amide bonds. The number of nitrogens with one attached hydrogen (secondary N) is 1. The van der Waals surface area contributed by atoms with E-state index in [0.29, 0.717) is 12.8 Å². The molecule has 2 atom stereocenters. The molecule has 0 heterocycles. The number of allylic oxidation sites excluding steroid dienone is 20. The summed E-state index contributed by atoms with van der Waals surface area (Å²) >= 11 is 0. The molecular formula is C53H89N3O8Zn+2. The molecule has 11 nitrogen and oxygen atoms in total. The van der Waals surface area contributed by atoms with E-state index < -0.39 is 35.8 Å². The molecule has 0 saturated carbocycles. The van der Waals surface area contributed by atoms with Gasteiger partial charge in [-0.3, -0.25) is 19.2 Å². The minimum absolute atomic E-state index is 0. The topological polar surface area (TPSA) is 228 Å². The van der Waals surface area contributed by atoms with E-state index in [1.807, 2.05) is 0 Å². The number of aliphatic carboxylic acids is 4. The van der Waals surface area contributed by atoms with Crippen molar-refractivity contribution in [2.24, 2.45) is 5.92 Å². The first-order chi connectivity index (χ1) is 30.9. The Labute approximate surface area is 407 Å². The normalized spacial score (nSPS) is 12.6. The van der Waals surface area contributed by atoms with E-state index in [-0.39, 0.29) is 32.3 Å². The monoisotopic (exact) mass is 960 g/mol. The van der Waals surface area contributed by atoms with Gasteiger partial charge in [0.2, 0.25) is 0 Å². The smallest absolute Gasteiger partial charge is 0.665 e. The summed E-state index contributed by atoms with van der Waals surface area (Å²) in [5, 5.41) is 33.7. The van der Waals surface area contributed by atoms with Gasteiger partial charge in [-0.25, -0.2) is 0 Å². The van der Waals surface area contributed by atoms with Crippen molar-refractivity contribution in [3.8, 4) is 0 Å². The summed E-state index contributed by atoms with van der Waals surface area (Å²) in [4.78, 5) is 40.9. The van der Waals surface area contributed by atoms with Gasteiger partial charge in [-0.1, -0.05) is 154 Å². The van der Waals surface area contributed by atoms with Crippen LogP contribution in [0.1, 0.15) is 155 Å². The predicted molar refractivity (Wildman–Crippen MR) is 267 cm³/mol. The summed E-state index contributed by atoms with van der Waals surface area (Å²) in [6.07, 6.45) is 61.6. The van der Waals surface area contributed by atoms with Crippen molar-refractivity contribution >= 4 is 23.9 Å². The van der Waals surface area contributed by atoms with Crippen molar-refractivity contribution in [3.05, 3.63) is 134 Å². The second-order valence-corrected chi connectivity index (χ2v) is 14.6. The standard InChI is InChI=1S/2C20H30O2.C7H14NO2.C6H13N2O2.Zn/c2*1-2-3-4-5-6-7-8-9-10-11-12-13-14-15-16-17-18-19-20(21)22;1-6(7(9)10)4-2-3-5-8;7-4-2-1-3-5(8)6(9)10;/h2*3-4,6-7,9-10,12-13,15-16H,2,5,8,11,14,17-19H2,1H3,(H,21,22);6H,1-5,8H2,(H,9,10);5,8H,1-4,7H2,(H,9,10);/q;;2*-1;+2/p+2/b2*4-3-,7-6-,10-9-,13-12-,16-15-;;;/t;;6-;5-;/m..00./s1. The number of carboxylic acids is 4. The molecule has 0 unspecified atom stereocenters. The average molecular weight is 962 g/mol. The Kier molecular flexibility index (Phi) is 66.5. The molecule has 12 heteroatoms. The van der Waals surface area contributed by atoms with Crippen LogP contribution in [0.5, 0.6) is 0 Å². The summed E-state index contributed by atoms with van der Waals surface area (Å²) in [7, 11) is 0. The third-order valence-electron chi connectivity index (χ3n) is 8.53. The zero-order chi connectivity index (χ0) is 48.6. The second kappa shape index (κ2) is 61.9. The number of quaternary nitrogens is 2. The van der Waals surface area contributed by atoms with E-state index in [9.17, 15) is 19.2 Å². The Bertz CT molecular complexity index is 1290. The Balaban J connectivity index is -0.000000261. The molecule has 0 aliphatic rings. The summed E-state index contributed by atoms with van der Waals surface area (Å²) in [5.74, 6) is -3.70. The molecule has 0 aliphatic heterocycles. The van der Waals surface area contributed by atoms with Crippen LogP contribution in [0.3, 0.4) is 0 Å². The van der Waals surface area contributed by atoms with Crippen LogP contribution in [0.2, 0.25) is 0 Å². The molecular weight excluding hydrogens is 872 g/mol. The van der Waals surface area contributed by atoms with Crippen LogP contribution >= 0.6 is 0 Å². The molecule has 65 heavy (non-hydrogen) atoms. The Morgan fingerprint density at radius 3 is 0.969 bits per heavy atom. The van der Waals surface area contributed by atoms with E-state index in [1.165, 1.54) is 0 Å². The first-order valence-electron chi connectivity index (χ1n) is 23.4. The van der Waals surface area contributed by atoms with Gasteiger partial charge in [-0.2, -0.15) is 0 Å². The minimum Gasteiger partial charge on any atom is -0.665 e. The molecule has 0 radical (unpaired) electrons. The molecule has 0 aromatic carbocycles. The van der Waals surface area contributed by atoms with Crippen molar-refractivity contribution in [2.75, 3.05) is 13.1 Å². The molecule has 0 aromatic rings. The van der Waals surface area contributed by atoms with E-state index in [4.69, 9.17) is 26.2 Å². The van der Waals surface area contributed by atoms with Gasteiger partial charge in [-0.05, 0) is 122 Å². The Morgan fingerprint density at radius 2 is 0.723 bits per heavy atom. The van der Waals surface area contributed by atoms with Crippen LogP contribution in [-0.4, -0.2) is 63.4 Å². The SMILES string of the molecule is CC/C=C\C/C=C\C/C=C\C/C=C\C/C=C\CCCC(=O)O.CC/C=C\C/C=C\C/C=C\C/C=C\C/C=C\CCCC(=O)O.[CH2-][C@@H](CCCC[NH3+])C(=O)O.[NH-][C@@H](CCCC[NH3+])C(=O)O.[Zn+2]. The molecule has 0 spiro atoms. The van der Waals surface area contributed by atoms with Gasteiger partial charge in [0.15, 0.2) is 0 Å². The minimum atomic E-state index is -1.02. The fourth-order valence-electron chi connectivity index (χ4n) is 4.82. The second-order valence-electron chi connectivity index (χ2n) is 14.6. The first kappa shape index (κ1) is 69.8. The molecule has 0 fully saturated rings. The maximum Gasteiger partial charge on any atom is 2.00 e. The van der Waals surface area contributed by atoms with Crippen molar-refractivity contribution in [3.63, 3.8) is 0 Å². The van der Waals surface area contributed by atoms with Crippen LogP contribution in [0, 0.1) is 12.8 Å². The Morgan fingerprint density at radius 1 is 0.446 bits per heavy atom. The van der Waals surface area contributed by atoms with Gasteiger partial charge in [0.25, 0.3) is 11.9 Å². The number of hydrogen-bond donors (Lipinski definition) is 6. The number of unbranched alkanes of at least 4 members (excludes halogenated alkanes) is 4. The average Bonchev–Trinajstić information content (AvgIpc) is 3.26. The van der Waals surface area contributed by atoms with Gasteiger partial charge in [0.1, 0.15) is 0 Å². The summed E-state index contributed by atoms with van der Waals surface area (Å²) < 4.78 is 0. The largest absolute Gasteiger partial charge is 2.00 e. The fourth-order valence-corrected chi connectivity index (χ4v) is 4.82. The Hall–Kier alpha value is -4.22. The van der Waals surface area contributed by atoms with Crippen molar-refractivity contribution in [2.45, 2.75) is 161 Å². The van der Waals surface area contributed by atoms with Gasteiger partial charge in [0.05, 0.1) is 13.1 Å². The number of carboxylic acid groups (broad SMARTS) is 4. The molecule has 11 N–H and O–H groups in total. The van der Waals surface area contributed by atoms with Gasteiger partial charge in [0, 0.05) is 12.8 Å². The number of rotatable bonds is 36. The zero-order valence-corrected chi connectivity index (χ0v) is 43.4. The fraction of sp³-hybridized carbons (Fsp3) is 0.528. The predicted octanol–water partition coefficient (Wildman–Crippen LogP) is 11.8. The van der Waals surface area contributed by atoms with Gasteiger partial charge < -0.3 is 44.6 Å². The van der Waals surface area contributed by atoms with Gasteiger partial charge >= 0.3 is 31.4 Å². The van der Waals surface area contributed by atoms with Crippen LogP contribution in [0.4, 0.5) is 0 Å². The molecule has 0 bridgehead atoms. The molecule has 0 rings (SSSR count). The number of hydrogen-bond acceptors (Lipinski definition) is 4. The van der Waals surface area contributed by atoms with E-state index in [2.05, 4.69) is 154 Å². The van der Waals surface area contributed by atoms with E-state index in [1.54, 1.807) is 0 Å². The van der Waals surface area contributed by atoms with Crippen molar-refractivity contribution < 1.29 is 70.5 Å². The van der Waals surface area contributed by atoms with Crippen molar-refractivity contribution in [1.82, 2.24) is 0 Å². The third kappa shape index (κ3) is 74.4. The molecule has 0 aromatic heterocycles.